The molecule has 0 saturated heterocycles. The minimum Gasteiger partial charge on any atom is -0.361 e. The van der Waals surface area contributed by atoms with Crippen LogP contribution in [0.5, 0.6) is 0 Å². The number of hydrogen-bond acceptors (Lipinski definition) is 13. The number of hydrazine groups is 1. The lowest BCUT2D eigenvalue weighted by Gasteiger charge is -2.35. The summed E-state index contributed by atoms with van der Waals surface area (Å²) in [6.45, 7) is 18.3. The number of fused-ring (bicyclic) bond motifs is 1. The van der Waals surface area contributed by atoms with E-state index in [4.69, 9.17) is 5.73 Å². The van der Waals surface area contributed by atoms with Crippen LogP contribution in [0.3, 0.4) is 0 Å². The zero-order chi connectivity index (χ0) is 62.8. The number of aromatic nitrogens is 1. The number of rotatable bonds is 37. The number of carbonyl (C=O) groups excluding carboxylic acids is 9. The number of aromatic amines is 1. The molecular weight excluding hydrogens is 1080 g/mol. The number of para-hydroxylation sites is 1. The Bertz CT molecular complexity index is 2850. The van der Waals surface area contributed by atoms with Gasteiger partial charge in [0.05, 0.1) is 6.54 Å². The lowest BCUT2D eigenvalue weighted by molar-refractivity contribution is -0.139. The summed E-state index contributed by atoms with van der Waals surface area (Å²) in [5.41, 5.74) is 7.99. The van der Waals surface area contributed by atoms with Gasteiger partial charge in [-0.15, -0.1) is 0 Å². The highest BCUT2D eigenvalue weighted by atomic mass is 16.2. The van der Waals surface area contributed by atoms with Crippen molar-refractivity contribution >= 4 is 64.1 Å². The molecule has 0 fully saturated rings. The molecule has 4 rings (SSSR count). The summed E-state index contributed by atoms with van der Waals surface area (Å²) in [5.74, 6) is -5.69. The Morgan fingerprint density at radius 3 is 1.71 bits per heavy atom. The van der Waals surface area contributed by atoms with Gasteiger partial charge in [0.1, 0.15) is 40.3 Å². The Hall–Kier alpha value is -7.73. The fourth-order valence-corrected chi connectivity index (χ4v) is 9.07. The standard InChI is InChI=1S/C62H94N14O9/c1-11-60(8,71-52(79)41(4)68-55(82)59(6,7)74-58(85)62(10,13-3)73-54(81)50(76-75-42(5)77)36-44-27-18-15-19-28-44)56(83)67-40-51(78)70-49(37-45-38-66-48-30-21-20-29-47(45)48)53(80)72-61(9,12-2)57(84)69-46(35-43-25-16-14-17-26-43)39-65-34-24-33-64-32-23-22-31-63/h14-21,25-30,38,41,46,49-50,64-66,76H,11-13,22-24,31-37,39-40,63H2,1-10H3,(H,67,83)(H,68,82)(H,69,84)(H,70,78)(H,71,79)(H,72,80)(H,73,81)(H,74,85)(H,75,77)/t41-,46-,49-,50-,60+,61-,62-/m0/s1. The first-order valence-electron chi connectivity index (χ1n) is 29.6. The van der Waals surface area contributed by atoms with E-state index in [1.54, 1.807) is 33.9 Å². The number of unbranched alkanes of at least 4 members (excludes halogenated alkanes) is 1. The Morgan fingerprint density at radius 1 is 0.553 bits per heavy atom. The van der Waals surface area contributed by atoms with Gasteiger partial charge in [0, 0.05) is 43.0 Å². The number of hydrogen-bond donors (Lipinski definition) is 14. The van der Waals surface area contributed by atoms with E-state index in [0.29, 0.717) is 19.5 Å². The average Bonchev–Trinajstić information content (AvgIpc) is 4.14. The maximum atomic E-state index is 14.5. The van der Waals surface area contributed by atoms with Crippen LogP contribution in [0.4, 0.5) is 0 Å². The SMILES string of the molecule is CC[C@@](C)(NC(=O)[C@H](C)NC(=O)C(C)(C)NC(=O)[C@](C)(CC)NC(=O)[C@H](Cc1ccccc1)NNC(C)=O)C(=O)NCC(=O)N[C@@H](Cc1c[nH]c2ccccc12)C(=O)N[C@@](C)(CC)C(=O)N[C@H](CNCCCNCCCCN)Cc1ccccc1. The molecule has 0 bridgehead atoms. The van der Waals surface area contributed by atoms with Crippen molar-refractivity contribution in [3.63, 3.8) is 0 Å². The summed E-state index contributed by atoms with van der Waals surface area (Å²) in [6, 6.07) is 22.7. The Balaban J connectivity index is 1.40. The van der Waals surface area contributed by atoms with E-state index >= 15 is 0 Å². The third kappa shape index (κ3) is 22.0. The predicted molar refractivity (Wildman–Crippen MR) is 329 cm³/mol. The van der Waals surface area contributed by atoms with Crippen LogP contribution in [0.25, 0.3) is 10.9 Å². The molecule has 0 aliphatic heterocycles. The second-order valence-corrected chi connectivity index (χ2v) is 22.9. The van der Waals surface area contributed by atoms with Gasteiger partial charge in [-0.25, -0.2) is 5.43 Å². The number of amides is 9. The topological polar surface area (TPSA) is 340 Å². The minimum atomic E-state index is -1.63. The molecule has 0 saturated carbocycles. The molecule has 85 heavy (non-hydrogen) atoms. The predicted octanol–water partition coefficient (Wildman–Crippen LogP) is 1.85. The van der Waals surface area contributed by atoms with E-state index in [1.807, 2.05) is 84.9 Å². The molecule has 0 spiro atoms. The molecule has 0 radical (unpaired) electrons. The summed E-state index contributed by atoms with van der Waals surface area (Å²) in [4.78, 5) is 127. The van der Waals surface area contributed by atoms with Gasteiger partial charge in [-0.05, 0) is 142 Å². The Morgan fingerprint density at radius 2 is 1.09 bits per heavy atom. The van der Waals surface area contributed by atoms with E-state index in [1.165, 1.54) is 41.5 Å². The quantitative estimate of drug-likeness (QED) is 0.0227. The van der Waals surface area contributed by atoms with E-state index in [9.17, 15) is 43.2 Å². The first-order chi connectivity index (χ1) is 40.3. The second-order valence-electron chi connectivity index (χ2n) is 22.9. The first kappa shape index (κ1) is 69.8. The average molecular weight is 1180 g/mol. The number of H-pyrrole nitrogens is 1. The maximum Gasteiger partial charge on any atom is 0.246 e. The van der Waals surface area contributed by atoms with Crippen molar-refractivity contribution in [2.75, 3.05) is 39.3 Å². The summed E-state index contributed by atoms with van der Waals surface area (Å²) in [7, 11) is 0. The van der Waals surface area contributed by atoms with Gasteiger partial charge in [0.15, 0.2) is 0 Å². The number of nitrogens with one attached hydrogen (secondary N) is 13. The highest BCUT2D eigenvalue weighted by Gasteiger charge is 2.42. The zero-order valence-electron chi connectivity index (χ0n) is 51.3. The third-order valence-corrected chi connectivity index (χ3v) is 15.3. The van der Waals surface area contributed by atoms with Crippen LogP contribution in [0.2, 0.25) is 0 Å². The molecule has 0 aliphatic rings. The minimum absolute atomic E-state index is 0.0229. The van der Waals surface area contributed by atoms with Crippen LogP contribution in [-0.4, -0.2) is 144 Å². The first-order valence-corrected chi connectivity index (χ1v) is 29.6. The molecule has 0 unspecified atom stereocenters. The van der Waals surface area contributed by atoms with Crippen LogP contribution in [-0.2, 0) is 62.4 Å². The van der Waals surface area contributed by atoms with Gasteiger partial charge in [-0.3, -0.25) is 48.6 Å². The summed E-state index contributed by atoms with van der Waals surface area (Å²) >= 11 is 0. The summed E-state index contributed by atoms with van der Waals surface area (Å²) < 4.78 is 0. The van der Waals surface area contributed by atoms with Crippen molar-refractivity contribution in [1.29, 1.82) is 0 Å². The fraction of sp³-hybridized carbons (Fsp3) is 0.532. The van der Waals surface area contributed by atoms with Crippen LogP contribution in [0.1, 0.15) is 124 Å². The largest absolute Gasteiger partial charge is 0.361 e. The van der Waals surface area contributed by atoms with Gasteiger partial charge in [-0.1, -0.05) is 99.6 Å². The number of benzene rings is 3. The molecular formula is C62H94N14O9. The van der Waals surface area contributed by atoms with Gasteiger partial charge >= 0.3 is 0 Å². The van der Waals surface area contributed by atoms with Crippen LogP contribution < -0.4 is 69.8 Å². The fourth-order valence-electron chi connectivity index (χ4n) is 9.07. The smallest absolute Gasteiger partial charge is 0.246 e. The molecule has 466 valence electrons. The number of carbonyl (C=O) groups is 9. The van der Waals surface area contributed by atoms with Crippen molar-refractivity contribution in [2.24, 2.45) is 5.73 Å². The van der Waals surface area contributed by atoms with E-state index in [-0.39, 0.29) is 38.1 Å². The van der Waals surface area contributed by atoms with Crippen molar-refractivity contribution in [3.05, 3.63) is 108 Å². The monoisotopic (exact) mass is 1180 g/mol. The Kier molecular flexibility index (Phi) is 27.6. The van der Waals surface area contributed by atoms with Crippen molar-refractivity contribution in [3.8, 4) is 0 Å². The zero-order valence-corrected chi connectivity index (χ0v) is 51.3. The molecule has 1 heterocycles. The van der Waals surface area contributed by atoms with E-state index < -0.39 is 100.0 Å². The van der Waals surface area contributed by atoms with Crippen molar-refractivity contribution < 1.29 is 43.2 Å². The second kappa shape index (κ2) is 33.7. The molecule has 23 heteroatoms. The lowest BCUT2D eigenvalue weighted by atomic mass is 9.93. The summed E-state index contributed by atoms with van der Waals surface area (Å²) in [6.07, 6.45) is 5.76. The lowest BCUT2D eigenvalue weighted by Crippen LogP contribution is -2.67. The Labute approximate surface area is 500 Å². The highest BCUT2D eigenvalue weighted by Crippen LogP contribution is 2.21. The van der Waals surface area contributed by atoms with Crippen LogP contribution >= 0.6 is 0 Å². The van der Waals surface area contributed by atoms with Gasteiger partial charge in [0.2, 0.25) is 53.2 Å². The maximum absolute atomic E-state index is 14.5. The van der Waals surface area contributed by atoms with Gasteiger partial charge < -0.3 is 63.9 Å². The highest BCUT2D eigenvalue weighted by molar-refractivity contribution is 6.00. The van der Waals surface area contributed by atoms with E-state index in [2.05, 4.69) is 69.0 Å². The molecule has 1 aromatic heterocycles. The molecule has 0 aliphatic carbocycles. The normalized spacial score (nSPS) is 15.0. The molecule has 4 aromatic rings. The van der Waals surface area contributed by atoms with E-state index in [0.717, 1.165) is 66.5 Å². The molecule has 3 aromatic carbocycles. The molecule has 7 atom stereocenters. The molecule has 15 N–H and O–H groups in total. The van der Waals surface area contributed by atoms with Gasteiger partial charge in [-0.2, -0.15) is 0 Å². The number of nitrogens with two attached hydrogens (primary N) is 1. The molecule has 23 nitrogen and oxygen atoms in total. The summed E-state index contributed by atoms with van der Waals surface area (Å²) in [5, 5.41) is 30.0. The third-order valence-electron chi connectivity index (χ3n) is 15.3. The van der Waals surface area contributed by atoms with Crippen molar-refractivity contribution in [1.82, 2.24) is 69.0 Å². The van der Waals surface area contributed by atoms with Crippen LogP contribution in [0.15, 0.2) is 91.1 Å². The van der Waals surface area contributed by atoms with Crippen molar-refractivity contribution in [2.45, 2.75) is 173 Å². The molecule has 9 amide bonds. The van der Waals surface area contributed by atoms with Crippen LogP contribution in [0, 0.1) is 0 Å². The van der Waals surface area contributed by atoms with Gasteiger partial charge in [0.25, 0.3) is 0 Å².